The van der Waals surface area contributed by atoms with Crippen molar-refractivity contribution < 1.29 is 19.7 Å². The molecule has 0 aliphatic carbocycles. The Bertz CT molecular complexity index is 618. The van der Waals surface area contributed by atoms with E-state index in [1.54, 1.807) is 4.57 Å². The highest BCUT2D eigenvalue weighted by Crippen LogP contribution is 2.32. The summed E-state index contributed by atoms with van der Waals surface area (Å²) in [5.74, 6) is 0.116. The summed E-state index contributed by atoms with van der Waals surface area (Å²) in [5, 5.41) is 19.3. The van der Waals surface area contributed by atoms with Crippen molar-refractivity contribution in [3.63, 3.8) is 0 Å². The molecule has 0 amide bonds. The van der Waals surface area contributed by atoms with Gasteiger partial charge >= 0.3 is 0 Å². The third-order valence-electron chi connectivity index (χ3n) is 3.37. The van der Waals surface area contributed by atoms with Crippen molar-refractivity contribution in [3.8, 4) is 0 Å². The van der Waals surface area contributed by atoms with Crippen LogP contribution in [-0.2, 0) is 9.47 Å². The van der Waals surface area contributed by atoms with E-state index in [1.807, 2.05) is 0 Å². The van der Waals surface area contributed by atoms with Gasteiger partial charge in [-0.05, 0) is 0 Å². The molecule has 1 aliphatic heterocycles. The minimum atomic E-state index is -0.938. The predicted molar refractivity (Wildman–Crippen MR) is 67.5 cm³/mol. The number of nitrogens with zero attached hydrogens (tertiary/aromatic N) is 4. The number of methoxy groups -OCH3 is 1. The van der Waals surface area contributed by atoms with E-state index < -0.39 is 24.5 Å². The second-order valence-corrected chi connectivity index (χ2v) is 4.53. The fraction of sp³-hybridized carbons (Fsp3) is 0.545. The van der Waals surface area contributed by atoms with Gasteiger partial charge in [-0.3, -0.25) is 4.57 Å². The van der Waals surface area contributed by atoms with Gasteiger partial charge in [0.25, 0.3) is 0 Å². The number of imidazole rings is 1. The number of nitrogens with two attached hydrogens (primary N) is 1. The average molecular weight is 281 g/mol. The molecule has 9 heteroatoms. The van der Waals surface area contributed by atoms with Crippen molar-refractivity contribution in [1.82, 2.24) is 19.5 Å². The monoisotopic (exact) mass is 281 g/mol. The number of hydrogen-bond donors (Lipinski definition) is 3. The SMILES string of the molecule is COC1C(O)C(CO)OC1n1cnc2cnc(N)nc21. The van der Waals surface area contributed by atoms with Crippen LogP contribution in [0, 0.1) is 0 Å². The first-order chi connectivity index (χ1) is 9.65. The lowest BCUT2D eigenvalue weighted by Gasteiger charge is -2.19. The molecule has 4 atom stereocenters. The molecule has 1 saturated heterocycles. The second kappa shape index (κ2) is 4.94. The predicted octanol–water partition coefficient (Wildman–Crippen LogP) is -1.33. The fourth-order valence-electron chi connectivity index (χ4n) is 2.37. The van der Waals surface area contributed by atoms with Crippen molar-refractivity contribution in [2.24, 2.45) is 0 Å². The summed E-state index contributed by atoms with van der Waals surface area (Å²) in [7, 11) is 1.46. The molecule has 4 unspecified atom stereocenters. The smallest absolute Gasteiger partial charge is 0.222 e. The third-order valence-corrected chi connectivity index (χ3v) is 3.37. The van der Waals surface area contributed by atoms with E-state index >= 15 is 0 Å². The lowest BCUT2D eigenvalue weighted by molar-refractivity contribution is -0.0583. The number of aliphatic hydroxyl groups excluding tert-OH is 2. The van der Waals surface area contributed by atoms with Crippen LogP contribution in [0.5, 0.6) is 0 Å². The van der Waals surface area contributed by atoms with Crippen molar-refractivity contribution in [1.29, 1.82) is 0 Å². The third kappa shape index (κ3) is 1.91. The van der Waals surface area contributed by atoms with E-state index in [9.17, 15) is 10.2 Å². The Balaban J connectivity index is 2.03. The quantitative estimate of drug-likeness (QED) is 0.631. The minimum absolute atomic E-state index is 0.116. The topological polar surface area (TPSA) is 129 Å². The molecule has 0 aromatic carbocycles. The molecule has 1 fully saturated rings. The number of anilines is 1. The van der Waals surface area contributed by atoms with Crippen molar-refractivity contribution in [3.05, 3.63) is 12.5 Å². The lowest BCUT2D eigenvalue weighted by Crippen LogP contribution is -2.34. The molecule has 0 spiro atoms. The second-order valence-electron chi connectivity index (χ2n) is 4.53. The highest BCUT2D eigenvalue weighted by Gasteiger charge is 2.45. The van der Waals surface area contributed by atoms with Crippen molar-refractivity contribution in [2.45, 2.75) is 24.5 Å². The first-order valence-corrected chi connectivity index (χ1v) is 6.08. The van der Waals surface area contributed by atoms with Crippen LogP contribution in [0.15, 0.2) is 12.5 Å². The summed E-state index contributed by atoms with van der Waals surface area (Å²) in [6.07, 6.45) is 0.0766. The summed E-state index contributed by atoms with van der Waals surface area (Å²) in [6, 6.07) is 0. The average Bonchev–Trinajstić information content (AvgIpc) is 2.98. The van der Waals surface area contributed by atoms with E-state index in [-0.39, 0.29) is 12.6 Å². The highest BCUT2D eigenvalue weighted by molar-refractivity contribution is 5.70. The molecule has 3 rings (SSSR count). The van der Waals surface area contributed by atoms with Gasteiger partial charge in [-0.1, -0.05) is 0 Å². The lowest BCUT2D eigenvalue weighted by atomic mass is 10.1. The van der Waals surface area contributed by atoms with Crippen molar-refractivity contribution >= 4 is 17.1 Å². The maximum Gasteiger partial charge on any atom is 0.222 e. The standard InChI is InChI=1S/C11H15N5O4/c1-19-8-7(18)6(3-17)20-10(8)16-4-14-5-2-13-11(12)15-9(5)16/h2,4,6-8,10,17-18H,3H2,1H3,(H2,12,13,15). The molecular weight excluding hydrogens is 266 g/mol. The van der Waals surface area contributed by atoms with Gasteiger partial charge < -0.3 is 25.4 Å². The highest BCUT2D eigenvalue weighted by atomic mass is 16.6. The molecule has 0 radical (unpaired) electrons. The van der Waals surface area contributed by atoms with Crippen LogP contribution in [0.2, 0.25) is 0 Å². The van der Waals surface area contributed by atoms with E-state index in [2.05, 4.69) is 15.0 Å². The Hall–Kier alpha value is -1.81. The molecule has 3 heterocycles. The molecule has 108 valence electrons. The van der Waals surface area contributed by atoms with Crippen LogP contribution in [-0.4, -0.2) is 61.8 Å². The molecule has 0 saturated carbocycles. The Morgan fingerprint density at radius 1 is 1.50 bits per heavy atom. The van der Waals surface area contributed by atoms with Crippen LogP contribution >= 0.6 is 0 Å². The summed E-state index contributed by atoms with van der Waals surface area (Å²) in [5.41, 5.74) is 6.61. The van der Waals surface area contributed by atoms with Gasteiger partial charge in [0.05, 0.1) is 19.1 Å². The Morgan fingerprint density at radius 2 is 2.30 bits per heavy atom. The molecule has 2 aromatic rings. The maximum absolute atomic E-state index is 10.0. The van der Waals surface area contributed by atoms with E-state index in [1.165, 1.54) is 19.6 Å². The zero-order valence-electron chi connectivity index (χ0n) is 10.7. The van der Waals surface area contributed by atoms with E-state index in [0.29, 0.717) is 11.2 Å². The summed E-state index contributed by atoms with van der Waals surface area (Å²) in [4.78, 5) is 12.1. The first kappa shape index (κ1) is 13.2. The maximum atomic E-state index is 10.0. The number of nitrogen functional groups attached to an aromatic ring is 1. The molecule has 20 heavy (non-hydrogen) atoms. The molecule has 2 aromatic heterocycles. The number of fused-ring (bicyclic) bond motifs is 1. The van der Waals surface area contributed by atoms with Gasteiger partial charge in [-0.15, -0.1) is 0 Å². The van der Waals surface area contributed by atoms with Gasteiger partial charge in [0.15, 0.2) is 11.9 Å². The van der Waals surface area contributed by atoms with Gasteiger partial charge in [0.2, 0.25) is 5.95 Å². The number of aromatic nitrogens is 4. The van der Waals surface area contributed by atoms with Gasteiger partial charge in [-0.25, -0.2) is 9.97 Å². The van der Waals surface area contributed by atoms with Crippen LogP contribution in [0.4, 0.5) is 5.95 Å². The normalized spacial score (nSPS) is 30.1. The Morgan fingerprint density at radius 3 is 3.00 bits per heavy atom. The van der Waals surface area contributed by atoms with Gasteiger partial charge in [0.1, 0.15) is 23.8 Å². The van der Waals surface area contributed by atoms with Crippen LogP contribution < -0.4 is 5.73 Å². The largest absolute Gasteiger partial charge is 0.394 e. The molecule has 1 aliphatic rings. The zero-order chi connectivity index (χ0) is 14.3. The molecular formula is C11H15N5O4. The number of hydrogen-bond acceptors (Lipinski definition) is 8. The number of rotatable bonds is 3. The van der Waals surface area contributed by atoms with Crippen LogP contribution in [0.3, 0.4) is 0 Å². The van der Waals surface area contributed by atoms with Crippen molar-refractivity contribution in [2.75, 3.05) is 19.5 Å². The minimum Gasteiger partial charge on any atom is -0.394 e. The number of ether oxygens (including phenoxy) is 2. The summed E-state index contributed by atoms with van der Waals surface area (Å²) >= 11 is 0. The van der Waals surface area contributed by atoms with Crippen LogP contribution in [0.25, 0.3) is 11.2 Å². The Labute approximate surface area is 114 Å². The van der Waals surface area contributed by atoms with Gasteiger partial charge in [-0.2, -0.15) is 4.98 Å². The molecule has 4 N–H and O–H groups in total. The zero-order valence-corrected chi connectivity index (χ0v) is 10.7. The van der Waals surface area contributed by atoms with E-state index in [0.717, 1.165) is 0 Å². The van der Waals surface area contributed by atoms with Crippen LogP contribution in [0.1, 0.15) is 6.23 Å². The Kier molecular flexibility index (Phi) is 3.26. The summed E-state index contributed by atoms with van der Waals surface area (Å²) < 4.78 is 12.5. The fourth-order valence-corrected chi connectivity index (χ4v) is 2.37. The summed E-state index contributed by atoms with van der Waals surface area (Å²) in [6.45, 7) is -0.304. The molecule has 9 nitrogen and oxygen atoms in total. The molecule has 0 bridgehead atoms. The van der Waals surface area contributed by atoms with Gasteiger partial charge in [0, 0.05) is 7.11 Å². The number of aliphatic hydroxyl groups is 2. The first-order valence-electron chi connectivity index (χ1n) is 6.08. The van der Waals surface area contributed by atoms with E-state index in [4.69, 9.17) is 15.2 Å².